The van der Waals surface area contributed by atoms with E-state index in [0.717, 1.165) is 59.1 Å². The van der Waals surface area contributed by atoms with Gasteiger partial charge in [0.25, 0.3) is 11.1 Å². The number of alkyl halides is 1. The summed E-state index contributed by atoms with van der Waals surface area (Å²) >= 11 is 9.54. The number of aromatic nitrogens is 5. The third-order valence-electron chi connectivity index (χ3n) is 11.7. The van der Waals surface area contributed by atoms with Crippen LogP contribution in [0.4, 0.5) is 32.3 Å². The summed E-state index contributed by atoms with van der Waals surface area (Å²) < 4.78 is 12.4. The number of Topliss-reactive ketones (excluding diaryl/α,β-unsaturated/α-hetero) is 1. The number of nitrogens with zero attached hydrogens (tertiary/aromatic N) is 7. The lowest BCUT2D eigenvalue weighted by molar-refractivity contribution is 0.102. The van der Waals surface area contributed by atoms with E-state index >= 15 is 0 Å². The summed E-state index contributed by atoms with van der Waals surface area (Å²) in [7, 11) is 0. The SMILES string of the molecule is CCOC(=O)Nc1cccc(Cn2nc(-c3nc(-c4ccc(N5CCCC5)cc4)cs3)ccc2=O)c1.CCOC(=O)Nc1cccc(Cn2nc(C(N)=S)ccc2=O)c1.O=C(CBr)c1ccc(N2CCCC2)cc1. The average molecular weight is 1100 g/mol. The molecule has 0 unspecified atom stereocenters. The van der Waals surface area contributed by atoms with Crippen LogP contribution >= 0.6 is 39.5 Å². The van der Waals surface area contributed by atoms with Crippen molar-refractivity contribution in [2.24, 2.45) is 5.73 Å². The summed E-state index contributed by atoms with van der Waals surface area (Å²) in [5.41, 5.74) is 14.1. The molecule has 9 rings (SSSR count). The molecule has 0 aliphatic carbocycles. The Morgan fingerprint density at radius 2 is 1.16 bits per heavy atom. The van der Waals surface area contributed by atoms with E-state index in [1.807, 2.05) is 47.8 Å². The number of ether oxygens (including phenoxy) is 2. The van der Waals surface area contributed by atoms with E-state index in [2.05, 4.69) is 70.8 Å². The number of anilines is 4. The van der Waals surface area contributed by atoms with Gasteiger partial charge in [-0.2, -0.15) is 10.2 Å². The second-order valence-corrected chi connectivity index (χ2v) is 18.8. The van der Waals surface area contributed by atoms with Crippen LogP contribution in [0.2, 0.25) is 0 Å². The van der Waals surface area contributed by atoms with Gasteiger partial charge in [-0.05, 0) is 123 Å². The first-order valence-corrected chi connectivity index (χ1v) is 26.6. The van der Waals surface area contributed by atoms with Crippen LogP contribution in [0.15, 0.2) is 136 Å². The number of amides is 2. The van der Waals surface area contributed by atoms with Gasteiger partial charge >= 0.3 is 12.2 Å². The fourth-order valence-electron chi connectivity index (χ4n) is 8.03. The number of ketones is 1. The van der Waals surface area contributed by atoms with Crippen LogP contribution in [0.25, 0.3) is 22.0 Å². The number of nitrogens with two attached hydrogens (primary N) is 1. The van der Waals surface area contributed by atoms with E-state index in [-0.39, 0.29) is 41.6 Å². The normalized spacial score (nSPS) is 12.7. The zero-order chi connectivity index (χ0) is 52.4. The Morgan fingerprint density at radius 1 is 0.662 bits per heavy atom. The van der Waals surface area contributed by atoms with Crippen molar-refractivity contribution < 1.29 is 23.9 Å². The fourth-order valence-corrected chi connectivity index (χ4v) is 9.26. The van der Waals surface area contributed by atoms with Gasteiger partial charge in [0, 0.05) is 77.6 Å². The number of carbonyl (C=O) groups is 3. The van der Waals surface area contributed by atoms with Crippen LogP contribution in [0.1, 0.15) is 66.7 Å². The molecule has 17 nitrogen and oxygen atoms in total. The summed E-state index contributed by atoms with van der Waals surface area (Å²) in [6.45, 7) is 9.07. The lowest BCUT2D eigenvalue weighted by atomic mass is 10.1. The summed E-state index contributed by atoms with van der Waals surface area (Å²) in [6.07, 6.45) is 4.02. The minimum absolute atomic E-state index is 0.122. The van der Waals surface area contributed by atoms with Crippen LogP contribution in [0, 0.1) is 0 Å². The van der Waals surface area contributed by atoms with Gasteiger partial charge in [0.05, 0.1) is 37.3 Å². The molecule has 0 spiro atoms. The lowest BCUT2D eigenvalue weighted by Gasteiger charge is -2.17. The zero-order valence-corrected chi connectivity index (χ0v) is 44.3. The molecule has 2 aliphatic heterocycles. The first-order chi connectivity index (χ1) is 35.9. The highest BCUT2D eigenvalue weighted by Gasteiger charge is 2.16. The number of hydrogen-bond donors (Lipinski definition) is 3. The molecule has 2 amide bonds. The van der Waals surface area contributed by atoms with E-state index in [1.165, 1.54) is 76.0 Å². The monoisotopic (exact) mass is 1100 g/mol. The fraction of sp³-hybridized carbons (Fsp3) is 0.278. The second-order valence-electron chi connectivity index (χ2n) is 17.0. The molecular formula is C54H57BrN10O7S2. The van der Waals surface area contributed by atoms with E-state index < -0.39 is 12.2 Å². The van der Waals surface area contributed by atoms with Crippen molar-refractivity contribution in [3.63, 3.8) is 0 Å². The first kappa shape index (κ1) is 54.2. The highest BCUT2D eigenvalue weighted by atomic mass is 79.9. The molecule has 4 N–H and O–H groups in total. The summed E-state index contributed by atoms with van der Waals surface area (Å²) in [5.74, 6) is 0.142. The predicted octanol–water partition coefficient (Wildman–Crippen LogP) is 9.61. The van der Waals surface area contributed by atoms with Crippen LogP contribution in [0.5, 0.6) is 0 Å². The molecule has 7 aromatic rings. The van der Waals surface area contributed by atoms with Gasteiger partial charge in [0.15, 0.2) is 5.78 Å². The van der Waals surface area contributed by atoms with Crippen molar-refractivity contribution in [3.05, 3.63) is 170 Å². The van der Waals surface area contributed by atoms with Crippen LogP contribution in [-0.2, 0) is 22.6 Å². The number of hydrogen-bond acceptors (Lipinski definition) is 14. The molecule has 3 aromatic heterocycles. The molecule has 2 aliphatic rings. The third kappa shape index (κ3) is 15.5. The maximum absolute atomic E-state index is 12.5. The van der Waals surface area contributed by atoms with E-state index in [9.17, 15) is 24.0 Å². The topological polar surface area (TPSA) is 209 Å². The molecule has 20 heteroatoms. The zero-order valence-electron chi connectivity index (χ0n) is 41.1. The van der Waals surface area contributed by atoms with Gasteiger partial charge in [-0.25, -0.2) is 23.9 Å². The quantitative estimate of drug-likeness (QED) is 0.0496. The molecule has 74 heavy (non-hydrogen) atoms. The molecule has 4 aromatic carbocycles. The van der Waals surface area contributed by atoms with Crippen LogP contribution in [-0.4, -0.2) is 92.2 Å². The molecule has 0 radical (unpaired) electrons. The van der Waals surface area contributed by atoms with Gasteiger partial charge < -0.3 is 25.0 Å². The summed E-state index contributed by atoms with van der Waals surface area (Å²) in [5, 5.41) is 17.1. The molecule has 0 saturated carbocycles. The van der Waals surface area contributed by atoms with Crippen molar-refractivity contribution in [1.29, 1.82) is 0 Å². The van der Waals surface area contributed by atoms with E-state index in [4.69, 9.17) is 32.4 Å². The predicted molar refractivity (Wildman–Crippen MR) is 299 cm³/mol. The van der Waals surface area contributed by atoms with Gasteiger partial charge in [-0.1, -0.05) is 64.5 Å². The highest BCUT2D eigenvalue weighted by molar-refractivity contribution is 9.09. The Labute approximate surface area is 446 Å². The minimum atomic E-state index is -0.532. The number of thiazole rings is 1. The highest BCUT2D eigenvalue weighted by Crippen LogP contribution is 2.30. The van der Waals surface area contributed by atoms with E-state index in [0.29, 0.717) is 34.7 Å². The largest absolute Gasteiger partial charge is 0.450 e. The first-order valence-electron chi connectivity index (χ1n) is 24.2. The van der Waals surface area contributed by atoms with Gasteiger partial charge in [-0.3, -0.25) is 25.0 Å². The van der Waals surface area contributed by atoms with Crippen LogP contribution < -0.4 is 37.3 Å². The average Bonchev–Trinajstić information content (AvgIpc) is 4.24. The maximum atomic E-state index is 12.5. The van der Waals surface area contributed by atoms with Gasteiger partial charge in [0.2, 0.25) is 0 Å². The molecule has 0 bridgehead atoms. The number of carbonyl (C=O) groups excluding carboxylic acids is 3. The van der Waals surface area contributed by atoms with Gasteiger partial charge in [0.1, 0.15) is 21.4 Å². The van der Waals surface area contributed by atoms with Crippen molar-refractivity contribution in [3.8, 4) is 22.0 Å². The van der Waals surface area contributed by atoms with Crippen molar-refractivity contribution in [1.82, 2.24) is 24.5 Å². The Kier molecular flexibility index (Phi) is 19.7. The molecule has 384 valence electrons. The van der Waals surface area contributed by atoms with Gasteiger partial charge in [-0.15, -0.1) is 11.3 Å². The molecular weight excluding hydrogens is 1040 g/mol. The second kappa shape index (κ2) is 26.9. The Bertz CT molecular complexity index is 3150. The van der Waals surface area contributed by atoms with Crippen LogP contribution in [0.3, 0.4) is 0 Å². The van der Waals surface area contributed by atoms with Crippen molar-refractivity contribution in [2.75, 3.05) is 65.2 Å². The number of nitrogens with one attached hydrogen (secondary N) is 2. The number of halogens is 1. The maximum Gasteiger partial charge on any atom is 0.411 e. The number of thiocarbonyl (C=S) groups is 1. The Hall–Kier alpha value is -7.55. The Morgan fingerprint density at radius 3 is 1.66 bits per heavy atom. The number of rotatable bonds is 15. The molecule has 2 fully saturated rings. The van der Waals surface area contributed by atoms with Crippen molar-refractivity contribution >= 4 is 85.2 Å². The smallest absolute Gasteiger partial charge is 0.411 e. The van der Waals surface area contributed by atoms with E-state index in [1.54, 1.807) is 50.2 Å². The lowest BCUT2D eigenvalue weighted by Crippen LogP contribution is -2.26. The van der Waals surface area contributed by atoms with Crippen molar-refractivity contribution in [2.45, 2.75) is 52.6 Å². The summed E-state index contributed by atoms with van der Waals surface area (Å²) in [6, 6.07) is 36.8. The molecule has 0 atom stereocenters. The number of benzene rings is 4. The third-order valence-corrected chi connectivity index (χ3v) is 13.3. The molecule has 5 heterocycles. The summed E-state index contributed by atoms with van der Waals surface area (Å²) in [4.78, 5) is 68.6. The Balaban J connectivity index is 0.000000179. The minimum Gasteiger partial charge on any atom is -0.450 e. The molecule has 2 saturated heterocycles. The standard InChI is InChI=1S/C27H27N5O3S.C15H16N4O3S.C12H14BrNO/c1-2-35-27(34)28-21-7-5-6-19(16-21)17-32-25(33)13-12-23(30-32)26-29-24(18-36-26)20-8-10-22(11-9-20)31-14-3-4-15-31;1-2-22-15(21)17-11-5-3-4-10(8-11)9-19-13(20)7-6-12(18-19)14(16)23;13-9-12(15)10-3-5-11(6-4-10)14-7-1-2-8-14/h5-13,16,18H,2-4,14-15,17H2,1H3,(H,28,34);3-8H,2,9H2,1H3,(H2,16,23)(H,17,21);3-6H,1-2,7-9H2.